The lowest BCUT2D eigenvalue weighted by Gasteiger charge is -2.42. The molecule has 0 aliphatic carbocycles. The zero-order valence-corrected chi connectivity index (χ0v) is 22.6. The summed E-state index contributed by atoms with van der Waals surface area (Å²) in [5.41, 5.74) is 9.95. The van der Waals surface area contributed by atoms with Crippen LogP contribution in [0.3, 0.4) is 0 Å². The molecule has 1 aliphatic rings. The van der Waals surface area contributed by atoms with Crippen molar-refractivity contribution in [2.75, 3.05) is 6.54 Å². The van der Waals surface area contributed by atoms with E-state index in [-0.39, 0.29) is 19.1 Å². The average molecular weight is 539 g/mol. The van der Waals surface area contributed by atoms with Crippen molar-refractivity contribution in [1.82, 2.24) is 4.31 Å². The third-order valence-electron chi connectivity index (χ3n) is 7.09. The lowest BCUT2D eigenvalue weighted by molar-refractivity contribution is -0.137. The van der Waals surface area contributed by atoms with Crippen molar-refractivity contribution in [3.63, 3.8) is 0 Å². The molecule has 2 unspecified atom stereocenters. The molecule has 5 N–H and O–H groups in total. The number of nitrogens with zero attached hydrogens (tertiary/aromatic N) is 1. The Morgan fingerprint density at radius 2 is 1.82 bits per heavy atom. The van der Waals surface area contributed by atoms with Gasteiger partial charge in [-0.3, -0.25) is 18.7 Å². The molecule has 9 heteroatoms. The van der Waals surface area contributed by atoms with E-state index in [1.54, 1.807) is 40.7 Å². The second-order valence-corrected chi connectivity index (χ2v) is 11.7. The van der Waals surface area contributed by atoms with Gasteiger partial charge in [-0.05, 0) is 72.4 Å². The maximum Gasteiger partial charge on any atom is 0.304 e. The molecular formula is C29H34N2O6S. The molecule has 1 aliphatic heterocycles. The number of rotatable bonds is 8. The topological polar surface area (TPSA) is 133 Å². The standard InChI is InChI=1S/C29H34N2O6S/c1-4-23-17-31(38(35,36)27-8-6-5-7-26(27)37-23)16-22-14-20(10-9-18(22)2)25(15-28(32)33)24-12-11-21(29(30)34)13-19(24)3/h5-14,23,25,35-36H,4,15-17H2,1-3H3,(H2,30,34)(H,32,33). The quantitative estimate of drug-likeness (QED) is 0.289. The summed E-state index contributed by atoms with van der Waals surface area (Å²) in [5.74, 6) is -1.48. The van der Waals surface area contributed by atoms with Gasteiger partial charge in [0, 0.05) is 18.0 Å². The first kappa shape index (κ1) is 27.7. The molecule has 1 amide bonds. The molecule has 3 aromatic rings. The number of carbonyl (C=O) groups is 2. The third kappa shape index (κ3) is 5.71. The number of amides is 1. The number of nitrogens with two attached hydrogens (primary N) is 1. The zero-order valence-electron chi connectivity index (χ0n) is 21.8. The van der Waals surface area contributed by atoms with Crippen molar-refractivity contribution in [3.05, 3.63) is 94.0 Å². The monoisotopic (exact) mass is 538 g/mol. The van der Waals surface area contributed by atoms with Crippen LogP contribution in [-0.2, 0) is 11.3 Å². The Balaban J connectivity index is 1.73. The number of carboxylic acids is 1. The first-order chi connectivity index (χ1) is 18.0. The molecular weight excluding hydrogens is 504 g/mol. The highest BCUT2D eigenvalue weighted by atomic mass is 32.3. The van der Waals surface area contributed by atoms with Crippen LogP contribution in [0.4, 0.5) is 0 Å². The molecule has 202 valence electrons. The Kier molecular flexibility index (Phi) is 8.13. The van der Waals surface area contributed by atoms with Crippen LogP contribution in [-0.4, -0.2) is 43.0 Å². The smallest absolute Gasteiger partial charge is 0.304 e. The van der Waals surface area contributed by atoms with Gasteiger partial charge in [0.15, 0.2) is 0 Å². The number of carbonyl (C=O) groups excluding carboxylic acids is 1. The minimum absolute atomic E-state index is 0.142. The van der Waals surface area contributed by atoms with Crippen LogP contribution < -0.4 is 10.5 Å². The fraction of sp³-hybridized carbons (Fsp3) is 0.310. The lowest BCUT2D eigenvalue weighted by Crippen LogP contribution is -2.34. The van der Waals surface area contributed by atoms with E-state index in [0.717, 1.165) is 27.8 Å². The van der Waals surface area contributed by atoms with Gasteiger partial charge < -0.3 is 15.6 Å². The van der Waals surface area contributed by atoms with Crippen LogP contribution in [0.1, 0.15) is 63.9 Å². The molecule has 0 saturated heterocycles. The van der Waals surface area contributed by atoms with E-state index in [2.05, 4.69) is 0 Å². The van der Waals surface area contributed by atoms with Gasteiger partial charge in [0.25, 0.3) is 0 Å². The Labute approximate surface area is 224 Å². The van der Waals surface area contributed by atoms with E-state index in [1.807, 2.05) is 45.0 Å². The molecule has 0 bridgehead atoms. The fourth-order valence-corrected chi connectivity index (χ4v) is 6.52. The van der Waals surface area contributed by atoms with Crippen molar-refractivity contribution in [3.8, 4) is 5.75 Å². The highest BCUT2D eigenvalue weighted by Gasteiger charge is 2.35. The van der Waals surface area contributed by atoms with Gasteiger partial charge in [-0.15, -0.1) is 10.8 Å². The summed E-state index contributed by atoms with van der Waals surface area (Å²) in [6.07, 6.45) is 0.331. The Hall–Kier alpha value is -3.37. The molecule has 38 heavy (non-hydrogen) atoms. The predicted molar refractivity (Wildman–Crippen MR) is 148 cm³/mol. The first-order valence-electron chi connectivity index (χ1n) is 12.5. The average Bonchev–Trinajstić information content (AvgIpc) is 2.97. The number of fused-ring (bicyclic) bond motifs is 1. The van der Waals surface area contributed by atoms with Gasteiger partial charge in [-0.2, -0.15) is 4.31 Å². The maximum absolute atomic E-state index is 11.9. The second-order valence-electron chi connectivity index (χ2n) is 9.71. The van der Waals surface area contributed by atoms with Gasteiger partial charge in [0.1, 0.15) is 16.7 Å². The van der Waals surface area contributed by atoms with Crippen LogP contribution >= 0.6 is 10.8 Å². The molecule has 0 radical (unpaired) electrons. The van der Waals surface area contributed by atoms with E-state index < -0.39 is 28.6 Å². The summed E-state index contributed by atoms with van der Waals surface area (Å²) < 4.78 is 30.5. The number of carboxylic acid groups (broad SMARTS) is 1. The van der Waals surface area contributed by atoms with E-state index in [9.17, 15) is 23.8 Å². The first-order valence-corrected chi connectivity index (χ1v) is 14.0. The number of benzene rings is 3. The SMILES string of the molecule is CCC1CN(Cc2cc(C(CC(=O)O)c3ccc(C(N)=O)cc3C)ccc2C)S(O)(O)c2ccccc2O1. The fourth-order valence-electron chi connectivity index (χ4n) is 4.90. The highest BCUT2D eigenvalue weighted by Crippen LogP contribution is 2.57. The number of aliphatic carboxylic acids is 1. The maximum atomic E-state index is 11.9. The molecule has 8 nitrogen and oxygen atoms in total. The summed E-state index contributed by atoms with van der Waals surface area (Å²) in [7, 11) is -3.33. The highest BCUT2D eigenvalue weighted by molar-refractivity contribution is 8.22. The van der Waals surface area contributed by atoms with Gasteiger partial charge in [0.2, 0.25) is 5.91 Å². The van der Waals surface area contributed by atoms with E-state index >= 15 is 0 Å². The molecule has 3 aromatic carbocycles. The number of primary amides is 1. The van der Waals surface area contributed by atoms with Crippen LogP contribution in [0.2, 0.25) is 0 Å². The third-order valence-corrected chi connectivity index (χ3v) is 9.02. The van der Waals surface area contributed by atoms with Crippen LogP contribution in [0.25, 0.3) is 0 Å². The molecule has 2 atom stereocenters. The predicted octanol–water partition coefficient (Wildman–Crippen LogP) is 5.71. The largest absolute Gasteiger partial charge is 0.487 e. The minimum atomic E-state index is -3.33. The molecule has 0 saturated carbocycles. The molecule has 4 rings (SSSR count). The van der Waals surface area contributed by atoms with Gasteiger partial charge >= 0.3 is 5.97 Å². The molecule has 0 aromatic heterocycles. The van der Waals surface area contributed by atoms with Crippen LogP contribution in [0.5, 0.6) is 5.75 Å². The second kappa shape index (κ2) is 11.2. The number of ether oxygens (including phenoxy) is 1. The summed E-state index contributed by atoms with van der Waals surface area (Å²) in [4.78, 5) is 23.8. The molecule has 0 spiro atoms. The number of hydrogen-bond donors (Lipinski definition) is 4. The normalized spacial score (nSPS) is 18.5. The van der Waals surface area contributed by atoms with Crippen molar-refractivity contribution >= 4 is 22.7 Å². The molecule has 0 fully saturated rings. The van der Waals surface area contributed by atoms with Crippen molar-refractivity contribution in [1.29, 1.82) is 0 Å². The summed E-state index contributed by atoms with van der Waals surface area (Å²) in [5, 5.41) is 9.72. The van der Waals surface area contributed by atoms with Crippen LogP contribution in [0.15, 0.2) is 65.6 Å². The zero-order chi connectivity index (χ0) is 27.6. The summed E-state index contributed by atoms with van der Waals surface area (Å²) >= 11 is 0. The Bertz CT molecular complexity index is 1360. The van der Waals surface area contributed by atoms with E-state index in [4.69, 9.17) is 10.5 Å². The van der Waals surface area contributed by atoms with E-state index in [1.165, 1.54) is 0 Å². The summed E-state index contributed by atoms with van der Waals surface area (Å²) in [6, 6.07) is 17.8. The lowest BCUT2D eigenvalue weighted by atomic mass is 9.84. The summed E-state index contributed by atoms with van der Waals surface area (Å²) in [6.45, 7) is 6.35. The number of hydrogen-bond acceptors (Lipinski definition) is 6. The number of aryl methyl sites for hydroxylation is 2. The minimum Gasteiger partial charge on any atom is -0.487 e. The van der Waals surface area contributed by atoms with Crippen LogP contribution in [0, 0.1) is 13.8 Å². The van der Waals surface area contributed by atoms with Crippen molar-refractivity contribution in [2.24, 2.45) is 5.73 Å². The van der Waals surface area contributed by atoms with Crippen molar-refractivity contribution in [2.45, 2.75) is 57.1 Å². The Morgan fingerprint density at radius 3 is 2.47 bits per heavy atom. The Morgan fingerprint density at radius 1 is 1.08 bits per heavy atom. The van der Waals surface area contributed by atoms with Gasteiger partial charge in [-0.25, -0.2) is 0 Å². The van der Waals surface area contributed by atoms with Gasteiger partial charge in [-0.1, -0.05) is 43.3 Å². The molecule has 1 heterocycles. The van der Waals surface area contributed by atoms with Crippen molar-refractivity contribution < 1.29 is 28.5 Å². The van der Waals surface area contributed by atoms with E-state index in [0.29, 0.717) is 29.2 Å². The van der Waals surface area contributed by atoms with Gasteiger partial charge in [0.05, 0.1) is 13.0 Å². The number of para-hydroxylation sites is 1.